The van der Waals surface area contributed by atoms with Gasteiger partial charge >= 0.3 is 5.69 Å². The summed E-state index contributed by atoms with van der Waals surface area (Å²) in [6, 6.07) is 7.01. The van der Waals surface area contributed by atoms with Gasteiger partial charge in [0.25, 0.3) is 0 Å². The average molecular weight is 423 g/mol. The molecule has 0 saturated heterocycles. The van der Waals surface area contributed by atoms with Crippen LogP contribution in [0.25, 0.3) is 15.9 Å². The largest absolute Gasteiger partial charge is 0.497 e. The van der Waals surface area contributed by atoms with Crippen LogP contribution in [0.1, 0.15) is 23.8 Å². The van der Waals surface area contributed by atoms with E-state index in [1.54, 1.807) is 42.7 Å². The first-order chi connectivity index (χ1) is 14.5. The van der Waals surface area contributed by atoms with E-state index in [4.69, 9.17) is 4.74 Å². The summed E-state index contributed by atoms with van der Waals surface area (Å²) < 4.78 is 7.75. The Kier molecular flexibility index (Phi) is 4.54. The third-order valence-electron chi connectivity index (χ3n) is 5.54. The summed E-state index contributed by atoms with van der Waals surface area (Å²) in [7, 11) is 1.58. The molecule has 0 fully saturated rings. The lowest BCUT2D eigenvalue weighted by Gasteiger charge is -2.17. The number of carbonyl (C=O) groups excluding carboxylic acids is 1. The third kappa shape index (κ3) is 3.15. The first-order valence-electron chi connectivity index (χ1n) is 9.86. The number of nitrogens with zero attached hydrogens (tertiary/aromatic N) is 4. The molecule has 9 heteroatoms. The monoisotopic (exact) mass is 423 g/mol. The lowest BCUT2D eigenvalue weighted by molar-refractivity contribution is -0.117. The van der Waals surface area contributed by atoms with E-state index in [0.29, 0.717) is 23.0 Å². The number of amides is 1. The highest BCUT2D eigenvalue weighted by Crippen LogP contribution is 2.38. The summed E-state index contributed by atoms with van der Waals surface area (Å²) in [6.07, 6.45) is 4.64. The van der Waals surface area contributed by atoms with E-state index in [9.17, 15) is 9.59 Å². The zero-order valence-corrected chi connectivity index (χ0v) is 17.5. The summed E-state index contributed by atoms with van der Waals surface area (Å²) in [4.78, 5) is 32.0. The second kappa shape index (κ2) is 7.24. The van der Waals surface area contributed by atoms with Crippen molar-refractivity contribution >= 4 is 38.8 Å². The Hall–Kier alpha value is -3.20. The van der Waals surface area contributed by atoms with E-state index in [1.807, 2.05) is 0 Å². The third-order valence-corrected chi connectivity index (χ3v) is 6.71. The van der Waals surface area contributed by atoms with Crippen molar-refractivity contribution in [2.75, 3.05) is 12.4 Å². The van der Waals surface area contributed by atoms with E-state index in [0.717, 1.165) is 29.5 Å². The molecule has 0 bridgehead atoms. The number of ether oxygens (including phenoxy) is 1. The maximum atomic E-state index is 12.8. The van der Waals surface area contributed by atoms with Crippen molar-refractivity contribution < 1.29 is 9.53 Å². The van der Waals surface area contributed by atoms with Crippen molar-refractivity contribution in [3.05, 3.63) is 51.5 Å². The van der Waals surface area contributed by atoms with Crippen molar-refractivity contribution in [1.82, 2.24) is 19.2 Å². The minimum absolute atomic E-state index is 0.169. The molecule has 30 heavy (non-hydrogen) atoms. The molecule has 0 saturated carbocycles. The Morgan fingerprint density at radius 3 is 2.90 bits per heavy atom. The van der Waals surface area contributed by atoms with Crippen LogP contribution < -0.4 is 15.7 Å². The number of methoxy groups -OCH3 is 1. The molecule has 1 N–H and O–H groups in total. The summed E-state index contributed by atoms with van der Waals surface area (Å²) >= 11 is 1.69. The molecule has 4 aromatic rings. The lowest BCUT2D eigenvalue weighted by Crippen LogP contribution is -2.28. The molecule has 0 aliphatic heterocycles. The van der Waals surface area contributed by atoms with Gasteiger partial charge in [-0.2, -0.15) is 0 Å². The number of fused-ring (bicyclic) bond motifs is 5. The van der Waals surface area contributed by atoms with Crippen molar-refractivity contribution in [2.24, 2.45) is 5.92 Å². The van der Waals surface area contributed by atoms with Gasteiger partial charge in [-0.25, -0.2) is 18.9 Å². The van der Waals surface area contributed by atoms with Gasteiger partial charge in [-0.05, 0) is 55.0 Å². The number of carbonyl (C=O) groups is 1. The predicted molar refractivity (Wildman–Crippen MR) is 115 cm³/mol. The van der Waals surface area contributed by atoms with Crippen LogP contribution in [0.4, 0.5) is 5.69 Å². The minimum atomic E-state index is -0.367. The van der Waals surface area contributed by atoms with Crippen molar-refractivity contribution in [2.45, 2.75) is 32.7 Å². The van der Waals surface area contributed by atoms with Gasteiger partial charge in [-0.1, -0.05) is 6.92 Å². The number of thiophene rings is 1. The second-order valence-corrected chi connectivity index (χ2v) is 8.77. The van der Waals surface area contributed by atoms with Gasteiger partial charge in [0.2, 0.25) is 5.91 Å². The van der Waals surface area contributed by atoms with Crippen LogP contribution in [-0.2, 0) is 24.2 Å². The van der Waals surface area contributed by atoms with Crippen LogP contribution in [0.3, 0.4) is 0 Å². The molecule has 1 aromatic carbocycles. The molecule has 1 aliphatic carbocycles. The zero-order valence-electron chi connectivity index (χ0n) is 16.7. The van der Waals surface area contributed by atoms with Gasteiger partial charge < -0.3 is 10.1 Å². The van der Waals surface area contributed by atoms with Crippen LogP contribution >= 0.6 is 11.3 Å². The van der Waals surface area contributed by atoms with Crippen LogP contribution in [0.2, 0.25) is 0 Å². The second-order valence-electron chi connectivity index (χ2n) is 7.69. The first kappa shape index (κ1) is 18.8. The van der Waals surface area contributed by atoms with Gasteiger partial charge in [-0.15, -0.1) is 16.4 Å². The highest BCUT2D eigenvalue weighted by Gasteiger charge is 2.24. The minimum Gasteiger partial charge on any atom is -0.497 e. The molecule has 0 unspecified atom stereocenters. The smallest absolute Gasteiger partial charge is 0.352 e. The maximum Gasteiger partial charge on any atom is 0.352 e. The highest BCUT2D eigenvalue weighted by molar-refractivity contribution is 7.19. The van der Waals surface area contributed by atoms with Crippen LogP contribution in [0, 0.1) is 5.92 Å². The Morgan fingerprint density at radius 1 is 1.33 bits per heavy atom. The maximum absolute atomic E-state index is 12.8. The molecule has 154 valence electrons. The molecular formula is C21H21N5O3S. The van der Waals surface area contributed by atoms with E-state index in [2.05, 4.69) is 22.3 Å². The molecule has 1 amide bonds. The first-order valence-corrected chi connectivity index (χ1v) is 10.7. The van der Waals surface area contributed by atoms with E-state index in [-0.39, 0.29) is 18.1 Å². The zero-order chi connectivity index (χ0) is 20.8. The number of rotatable bonds is 4. The molecule has 1 atom stereocenters. The SMILES string of the molecule is COc1ccc(NC(=O)Cn2nc3c4c5c(sc4ncn3c2=O)C[C@H](C)CC5)cc1. The van der Waals surface area contributed by atoms with Gasteiger partial charge in [0.05, 0.1) is 12.5 Å². The fourth-order valence-electron chi connectivity index (χ4n) is 3.98. The quantitative estimate of drug-likeness (QED) is 0.545. The van der Waals surface area contributed by atoms with E-state index >= 15 is 0 Å². The highest BCUT2D eigenvalue weighted by atomic mass is 32.1. The van der Waals surface area contributed by atoms with Gasteiger partial charge in [0.1, 0.15) is 23.5 Å². The van der Waals surface area contributed by atoms with Crippen molar-refractivity contribution in [3.8, 4) is 5.75 Å². The van der Waals surface area contributed by atoms with Crippen LogP contribution in [0.15, 0.2) is 35.4 Å². The number of hydrogen-bond acceptors (Lipinski definition) is 6. The molecular weight excluding hydrogens is 402 g/mol. The summed E-state index contributed by atoms with van der Waals surface area (Å²) in [6.45, 7) is 2.09. The topological polar surface area (TPSA) is 90.5 Å². The number of nitrogens with one attached hydrogen (secondary N) is 1. The number of benzene rings is 1. The number of aromatic nitrogens is 4. The Labute approximate surface area is 176 Å². The molecule has 0 radical (unpaired) electrons. The fraction of sp³-hybridized carbons (Fsp3) is 0.333. The number of aryl methyl sites for hydroxylation is 1. The normalized spacial score (nSPS) is 16.0. The van der Waals surface area contributed by atoms with Crippen molar-refractivity contribution in [3.63, 3.8) is 0 Å². The Morgan fingerprint density at radius 2 is 2.13 bits per heavy atom. The number of anilines is 1. The summed E-state index contributed by atoms with van der Waals surface area (Å²) in [5.41, 5.74) is 2.09. The van der Waals surface area contributed by atoms with E-state index < -0.39 is 0 Å². The molecule has 5 rings (SSSR count). The molecule has 3 aromatic heterocycles. The molecule has 0 spiro atoms. The molecule has 8 nitrogen and oxygen atoms in total. The molecule has 3 heterocycles. The predicted octanol–water partition coefficient (Wildman–Crippen LogP) is 2.88. The van der Waals surface area contributed by atoms with Crippen molar-refractivity contribution in [1.29, 1.82) is 0 Å². The Balaban J connectivity index is 1.47. The molecule has 1 aliphatic rings. The fourth-order valence-corrected chi connectivity index (χ4v) is 5.32. The average Bonchev–Trinajstić information content (AvgIpc) is 3.25. The van der Waals surface area contributed by atoms with Gasteiger partial charge in [0.15, 0.2) is 5.65 Å². The van der Waals surface area contributed by atoms with E-state index in [1.165, 1.54) is 25.9 Å². The van der Waals surface area contributed by atoms with Gasteiger partial charge in [-0.3, -0.25) is 4.79 Å². The standard InChI is InChI=1S/C21H21N5O3S/c1-12-3-8-15-16(9-12)30-20-18(15)19-24-26(21(28)25(19)11-22-20)10-17(27)23-13-4-6-14(29-2)7-5-13/h4-7,11-12H,3,8-10H2,1-2H3,(H,23,27)/t12-/m1/s1. The summed E-state index contributed by atoms with van der Waals surface area (Å²) in [5, 5.41) is 8.24. The Bertz CT molecular complexity index is 1320. The van der Waals surface area contributed by atoms with Crippen LogP contribution in [0.5, 0.6) is 5.75 Å². The lowest BCUT2D eigenvalue weighted by atomic mass is 9.89. The summed E-state index contributed by atoms with van der Waals surface area (Å²) in [5.74, 6) is 1.04. The number of hydrogen-bond donors (Lipinski definition) is 1. The van der Waals surface area contributed by atoms with Crippen LogP contribution in [-0.4, -0.2) is 32.2 Å². The van der Waals surface area contributed by atoms with Gasteiger partial charge in [0, 0.05) is 10.6 Å².